The maximum Gasteiger partial charge on any atom is 0.338 e. The lowest BCUT2D eigenvalue weighted by Gasteiger charge is -2.24. The van der Waals surface area contributed by atoms with Crippen molar-refractivity contribution in [1.29, 1.82) is 0 Å². The number of carbonyl (C=O) groups excluding carboxylic acids is 1. The number of aromatic nitrogens is 1. The van der Waals surface area contributed by atoms with Crippen molar-refractivity contribution >= 4 is 60.9 Å². The molecule has 0 unspecified atom stereocenters. The summed E-state index contributed by atoms with van der Waals surface area (Å²) in [6, 6.07) is 14.5. The van der Waals surface area contributed by atoms with Gasteiger partial charge in [-0.05, 0) is 65.7 Å². The van der Waals surface area contributed by atoms with Gasteiger partial charge in [0.05, 0.1) is 33.4 Å². The topological polar surface area (TPSA) is 117 Å². The lowest BCUT2D eigenvalue weighted by Crippen LogP contribution is -2.39. The Hall–Kier alpha value is -3.61. The molecule has 0 spiro atoms. The second-order valence-corrected chi connectivity index (χ2v) is 11.3. The van der Waals surface area contributed by atoms with Crippen LogP contribution in [0.25, 0.3) is 17.4 Å². The molecule has 3 heterocycles. The number of rotatable bonds is 6. The third kappa shape index (κ3) is 5.19. The van der Waals surface area contributed by atoms with Crippen LogP contribution in [0.1, 0.15) is 31.2 Å². The number of halogens is 2. The average molecular weight is 673 g/mol. The first kappa shape index (κ1) is 27.0. The van der Waals surface area contributed by atoms with Gasteiger partial charge in [-0.1, -0.05) is 39.4 Å². The van der Waals surface area contributed by atoms with Crippen LogP contribution >= 0.6 is 43.2 Å². The summed E-state index contributed by atoms with van der Waals surface area (Å²) in [7, 11) is 0. The maximum absolute atomic E-state index is 13.7. The zero-order valence-corrected chi connectivity index (χ0v) is 24.5. The van der Waals surface area contributed by atoms with Gasteiger partial charge in [-0.15, -0.1) is 0 Å². The van der Waals surface area contributed by atoms with E-state index in [0.717, 1.165) is 10.0 Å². The lowest BCUT2D eigenvalue weighted by molar-refractivity contribution is -0.384. The van der Waals surface area contributed by atoms with Crippen molar-refractivity contribution < 1.29 is 18.9 Å². The van der Waals surface area contributed by atoms with E-state index in [0.29, 0.717) is 42.2 Å². The first-order valence-corrected chi connectivity index (χ1v) is 14.1. The molecule has 5 rings (SSSR count). The minimum absolute atomic E-state index is 0.0451. The molecule has 0 bridgehead atoms. The highest BCUT2D eigenvalue weighted by Crippen LogP contribution is 2.33. The van der Waals surface area contributed by atoms with E-state index in [-0.39, 0.29) is 17.9 Å². The fourth-order valence-electron chi connectivity index (χ4n) is 4.27. The predicted octanol–water partition coefficient (Wildman–Crippen LogP) is 5.49. The van der Waals surface area contributed by atoms with Crippen molar-refractivity contribution in [2.45, 2.75) is 19.9 Å². The molecule has 0 N–H and O–H groups in total. The van der Waals surface area contributed by atoms with Crippen molar-refractivity contribution in [3.05, 3.63) is 116 Å². The molecule has 2 aromatic heterocycles. The number of thiazole rings is 1. The van der Waals surface area contributed by atoms with Crippen LogP contribution in [0.2, 0.25) is 0 Å². The van der Waals surface area contributed by atoms with E-state index in [1.165, 1.54) is 28.0 Å². The summed E-state index contributed by atoms with van der Waals surface area (Å²) in [5, 5.41) is 11.1. The van der Waals surface area contributed by atoms with E-state index >= 15 is 0 Å². The fourth-order valence-corrected chi connectivity index (χ4v) is 6.13. The number of carbonyl (C=O) groups is 1. The minimum Gasteiger partial charge on any atom is -0.463 e. The number of hydrogen-bond acceptors (Lipinski definition) is 8. The average Bonchev–Trinajstić information content (AvgIpc) is 3.48. The Labute approximate surface area is 242 Å². The SMILES string of the molecule is CCOC(=O)C1=C(C)N=c2s/c(=C\c3ccc(-c4ccc([N+](=O)[O-])cc4Br)o3)c(=O)n2[C@@H]1c1ccc(Br)cc1. The Balaban J connectivity index is 1.60. The van der Waals surface area contributed by atoms with Crippen LogP contribution in [0.3, 0.4) is 0 Å². The number of hydrogen-bond donors (Lipinski definition) is 0. The molecule has 2 aromatic carbocycles. The summed E-state index contributed by atoms with van der Waals surface area (Å²) in [5.74, 6) is 0.372. The van der Waals surface area contributed by atoms with E-state index < -0.39 is 16.9 Å². The number of furan rings is 1. The van der Waals surface area contributed by atoms with Crippen LogP contribution in [0.4, 0.5) is 5.69 Å². The molecule has 39 heavy (non-hydrogen) atoms. The normalized spacial score (nSPS) is 15.2. The summed E-state index contributed by atoms with van der Waals surface area (Å²) in [5.41, 5.74) is 1.80. The molecule has 1 atom stereocenters. The molecule has 1 aliphatic heterocycles. The second-order valence-electron chi connectivity index (χ2n) is 8.48. The van der Waals surface area contributed by atoms with Gasteiger partial charge >= 0.3 is 5.97 Å². The van der Waals surface area contributed by atoms with Gasteiger partial charge in [0.1, 0.15) is 11.5 Å². The number of esters is 1. The van der Waals surface area contributed by atoms with Crippen molar-refractivity contribution in [1.82, 2.24) is 4.57 Å². The van der Waals surface area contributed by atoms with Crippen LogP contribution in [0.15, 0.2) is 89.0 Å². The molecule has 198 valence electrons. The summed E-state index contributed by atoms with van der Waals surface area (Å²) < 4.78 is 14.5. The number of allylic oxidation sites excluding steroid dienone is 1. The molecule has 4 aromatic rings. The molecule has 0 saturated heterocycles. The first-order valence-electron chi connectivity index (χ1n) is 11.7. The molecule has 12 heteroatoms. The second kappa shape index (κ2) is 10.9. The van der Waals surface area contributed by atoms with Crippen LogP contribution < -0.4 is 14.9 Å². The minimum atomic E-state index is -0.709. The number of fused-ring (bicyclic) bond motifs is 1. The Morgan fingerprint density at radius 2 is 1.95 bits per heavy atom. The van der Waals surface area contributed by atoms with Crippen molar-refractivity contribution in [2.75, 3.05) is 6.61 Å². The molecule has 0 aliphatic carbocycles. The summed E-state index contributed by atoms with van der Waals surface area (Å²) >= 11 is 7.99. The fraction of sp³-hybridized carbons (Fsp3) is 0.148. The third-order valence-electron chi connectivity index (χ3n) is 6.03. The van der Waals surface area contributed by atoms with Crippen LogP contribution in [0, 0.1) is 10.1 Å². The molecular weight excluding hydrogens is 654 g/mol. The number of benzene rings is 2. The molecule has 0 amide bonds. The number of non-ortho nitro benzene ring substituents is 1. The van der Waals surface area contributed by atoms with Crippen LogP contribution in [-0.4, -0.2) is 22.1 Å². The maximum atomic E-state index is 13.7. The van der Waals surface area contributed by atoms with Crippen LogP contribution in [-0.2, 0) is 9.53 Å². The molecule has 9 nitrogen and oxygen atoms in total. The summed E-state index contributed by atoms with van der Waals surface area (Å²) in [6.45, 7) is 3.65. The van der Waals surface area contributed by atoms with Crippen molar-refractivity contribution in [2.24, 2.45) is 4.99 Å². The van der Waals surface area contributed by atoms with Gasteiger partial charge in [-0.3, -0.25) is 19.5 Å². The van der Waals surface area contributed by atoms with Gasteiger partial charge in [0.25, 0.3) is 11.2 Å². The van der Waals surface area contributed by atoms with Gasteiger partial charge in [-0.2, -0.15) is 0 Å². The molecular formula is C27H19Br2N3O6S. The molecule has 0 fully saturated rings. The Kier molecular flexibility index (Phi) is 7.52. The van der Waals surface area contributed by atoms with Gasteiger partial charge in [0.2, 0.25) is 0 Å². The highest BCUT2D eigenvalue weighted by molar-refractivity contribution is 9.10. The van der Waals surface area contributed by atoms with E-state index in [1.807, 2.05) is 24.3 Å². The number of nitrogens with zero attached hydrogens (tertiary/aromatic N) is 3. The quantitative estimate of drug-likeness (QED) is 0.152. The van der Waals surface area contributed by atoms with Crippen molar-refractivity contribution in [3.8, 4) is 11.3 Å². The van der Waals surface area contributed by atoms with Gasteiger partial charge in [-0.25, -0.2) is 9.79 Å². The van der Waals surface area contributed by atoms with Crippen molar-refractivity contribution in [3.63, 3.8) is 0 Å². The Morgan fingerprint density at radius 1 is 1.21 bits per heavy atom. The first-order chi connectivity index (χ1) is 18.7. The Morgan fingerprint density at radius 3 is 2.62 bits per heavy atom. The van der Waals surface area contributed by atoms with Gasteiger partial charge < -0.3 is 9.15 Å². The Bertz CT molecular complexity index is 1840. The monoisotopic (exact) mass is 671 g/mol. The smallest absolute Gasteiger partial charge is 0.338 e. The third-order valence-corrected chi connectivity index (χ3v) is 8.20. The zero-order chi connectivity index (χ0) is 27.8. The predicted molar refractivity (Wildman–Crippen MR) is 153 cm³/mol. The van der Waals surface area contributed by atoms with E-state index in [9.17, 15) is 19.7 Å². The lowest BCUT2D eigenvalue weighted by atomic mass is 9.96. The zero-order valence-electron chi connectivity index (χ0n) is 20.5. The highest BCUT2D eigenvalue weighted by atomic mass is 79.9. The summed E-state index contributed by atoms with van der Waals surface area (Å²) in [4.78, 5) is 42.3. The van der Waals surface area contributed by atoms with E-state index in [4.69, 9.17) is 9.15 Å². The highest BCUT2D eigenvalue weighted by Gasteiger charge is 2.33. The van der Waals surface area contributed by atoms with E-state index in [1.54, 1.807) is 38.1 Å². The molecule has 0 saturated carbocycles. The molecule has 1 aliphatic rings. The van der Waals surface area contributed by atoms with E-state index in [2.05, 4.69) is 36.9 Å². The number of nitro benzene ring substituents is 1. The number of ether oxygens (including phenoxy) is 1. The standard InChI is InChI=1S/C27H19Br2N3O6S/c1-3-37-26(34)23-14(2)30-27-31(24(23)15-4-6-16(28)7-5-15)25(33)22(39-27)13-18-9-11-21(38-18)19-10-8-17(32(35)36)12-20(19)29/h4-13,24H,3H2,1-2H3/b22-13-/t24-/m1/s1. The molecule has 0 radical (unpaired) electrons. The summed E-state index contributed by atoms with van der Waals surface area (Å²) in [6.07, 6.45) is 1.62. The van der Waals surface area contributed by atoms with Gasteiger partial charge in [0, 0.05) is 32.7 Å². The number of nitro groups is 1. The largest absolute Gasteiger partial charge is 0.463 e. The van der Waals surface area contributed by atoms with Crippen LogP contribution in [0.5, 0.6) is 0 Å². The van der Waals surface area contributed by atoms with Gasteiger partial charge in [0.15, 0.2) is 4.80 Å².